The molecule has 0 fully saturated rings. The fraction of sp³-hybridized carbons (Fsp3) is 0.583. The lowest BCUT2D eigenvalue weighted by Gasteiger charge is -2.31. The van der Waals surface area contributed by atoms with E-state index in [1.165, 1.54) is 18.5 Å². The summed E-state index contributed by atoms with van der Waals surface area (Å²) in [6.07, 6.45) is -1.88. The van der Waals surface area contributed by atoms with E-state index in [0.29, 0.717) is 10.7 Å². The van der Waals surface area contributed by atoms with Gasteiger partial charge in [0.05, 0.1) is 5.69 Å². The van der Waals surface area contributed by atoms with Gasteiger partial charge in [0.1, 0.15) is 6.04 Å². The summed E-state index contributed by atoms with van der Waals surface area (Å²) in [7, 11) is 0. The van der Waals surface area contributed by atoms with Crippen LogP contribution in [0.2, 0.25) is 0 Å². The highest BCUT2D eigenvalue weighted by molar-refractivity contribution is 5.90. The number of nitrogens with zero attached hydrogens (tertiary/aromatic N) is 4. The molecular formula is C12H16F2N4O2. The number of hydrogen-bond donors (Lipinski definition) is 1. The molecule has 1 aromatic heterocycles. The van der Waals surface area contributed by atoms with Crippen molar-refractivity contribution in [3.05, 3.63) is 18.0 Å². The number of carbonyl (C=O) groups is 1. The largest absolute Gasteiger partial charge is 0.364 e. The Balaban J connectivity index is 2.27. The molecule has 1 aliphatic rings. The molecule has 2 heterocycles. The van der Waals surface area contributed by atoms with E-state index < -0.39 is 24.1 Å². The number of rotatable bonds is 3. The van der Waals surface area contributed by atoms with Crippen molar-refractivity contribution in [2.24, 2.45) is 5.10 Å². The summed E-state index contributed by atoms with van der Waals surface area (Å²) in [6.45, 7) is 4.76. The fourth-order valence-corrected chi connectivity index (χ4v) is 2.09. The molecule has 0 aromatic carbocycles. The predicted octanol–water partition coefficient (Wildman–Crippen LogP) is 1.31. The maximum atomic E-state index is 13.0. The number of alkyl halides is 2. The van der Waals surface area contributed by atoms with E-state index in [-0.39, 0.29) is 12.1 Å². The normalized spacial score (nSPS) is 24.1. The van der Waals surface area contributed by atoms with E-state index in [4.69, 9.17) is 0 Å². The van der Waals surface area contributed by atoms with E-state index in [9.17, 15) is 18.7 Å². The van der Waals surface area contributed by atoms with Crippen molar-refractivity contribution in [1.82, 2.24) is 14.8 Å². The molecule has 0 saturated heterocycles. The molecular weight excluding hydrogens is 270 g/mol. The van der Waals surface area contributed by atoms with Gasteiger partial charge in [-0.1, -0.05) is 0 Å². The van der Waals surface area contributed by atoms with Gasteiger partial charge < -0.3 is 5.11 Å². The van der Waals surface area contributed by atoms with Crippen molar-refractivity contribution < 1.29 is 18.7 Å². The van der Waals surface area contributed by atoms with Crippen LogP contribution in [0.1, 0.15) is 32.0 Å². The molecule has 0 radical (unpaired) electrons. The number of aryl methyl sites for hydroxylation is 1. The zero-order valence-corrected chi connectivity index (χ0v) is 11.4. The monoisotopic (exact) mass is 286 g/mol. The lowest BCUT2D eigenvalue weighted by atomic mass is 10.1. The van der Waals surface area contributed by atoms with Crippen LogP contribution in [0.3, 0.4) is 0 Å². The van der Waals surface area contributed by atoms with Gasteiger partial charge >= 0.3 is 0 Å². The predicted molar refractivity (Wildman–Crippen MR) is 67.2 cm³/mol. The number of carbonyl (C=O) groups excluding carboxylic acids is 1. The molecule has 6 nitrogen and oxygen atoms in total. The van der Waals surface area contributed by atoms with Crippen molar-refractivity contribution in [2.75, 3.05) is 0 Å². The molecule has 1 aromatic rings. The molecule has 1 aliphatic heterocycles. The summed E-state index contributed by atoms with van der Waals surface area (Å²) in [5.41, 5.74) is -1.59. The van der Waals surface area contributed by atoms with Gasteiger partial charge in [0, 0.05) is 18.3 Å². The van der Waals surface area contributed by atoms with Crippen LogP contribution in [0.25, 0.3) is 0 Å². The Kier molecular flexibility index (Phi) is 3.59. The third kappa shape index (κ3) is 2.31. The van der Waals surface area contributed by atoms with E-state index in [2.05, 4.69) is 10.2 Å². The SMILES string of the molecule is CC1=NN(C(=O)[C@@H](C)n2ccc(C)n2)[C@](O)(C(F)F)C1. The van der Waals surface area contributed by atoms with Gasteiger partial charge in [-0.2, -0.15) is 15.2 Å². The molecule has 0 unspecified atom stereocenters. The first-order valence-electron chi connectivity index (χ1n) is 6.16. The quantitative estimate of drug-likeness (QED) is 0.910. The van der Waals surface area contributed by atoms with Gasteiger partial charge in [0.25, 0.3) is 12.3 Å². The summed E-state index contributed by atoms with van der Waals surface area (Å²) in [4.78, 5) is 12.3. The fourth-order valence-electron chi connectivity index (χ4n) is 2.09. The van der Waals surface area contributed by atoms with E-state index in [1.54, 1.807) is 19.2 Å². The molecule has 0 bridgehead atoms. The Bertz CT molecular complexity index is 557. The van der Waals surface area contributed by atoms with E-state index >= 15 is 0 Å². The average molecular weight is 286 g/mol. The van der Waals surface area contributed by atoms with Gasteiger partial charge in [-0.3, -0.25) is 9.48 Å². The van der Waals surface area contributed by atoms with Crippen LogP contribution in [0.15, 0.2) is 17.4 Å². The van der Waals surface area contributed by atoms with Crippen molar-refractivity contribution in [2.45, 2.75) is 45.4 Å². The smallest absolute Gasteiger partial charge is 0.287 e. The molecule has 2 atom stereocenters. The van der Waals surface area contributed by atoms with Crippen LogP contribution < -0.4 is 0 Å². The minimum absolute atomic E-state index is 0.282. The van der Waals surface area contributed by atoms with Gasteiger partial charge in [-0.15, -0.1) is 0 Å². The van der Waals surface area contributed by atoms with Crippen molar-refractivity contribution in [3.63, 3.8) is 0 Å². The molecule has 0 aliphatic carbocycles. The first kappa shape index (κ1) is 14.6. The zero-order valence-electron chi connectivity index (χ0n) is 11.4. The van der Waals surface area contributed by atoms with Gasteiger partial charge in [0.2, 0.25) is 5.72 Å². The molecule has 1 amide bonds. The summed E-state index contributed by atoms with van der Waals surface area (Å²) in [5.74, 6) is -0.729. The van der Waals surface area contributed by atoms with Crippen LogP contribution in [-0.2, 0) is 4.79 Å². The number of aromatic nitrogens is 2. The van der Waals surface area contributed by atoms with Crippen molar-refractivity contribution in [1.29, 1.82) is 0 Å². The molecule has 20 heavy (non-hydrogen) atoms. The summed E-state index contributed by atoms with van der Waals surface area (Å²) >= 11 is 0. The van der Waals surface area contributed by atoms with Crippen LogP contribution >= 0.6 is 0 Å². The Labute approximate surface area is 114 Å². The Morgan fingerprint density at radius 2 is 2.15 bits per heavy atom. The van der Waals surface area contributed by atoms with Crippen LogP contribution in [0.5, 0.6) is 0 Å². The summed E-state index contributed by atoms with van der Waals surface area (Å²) < 4.78 is 27.4. The highest BCUT2D eigenvalue weighted by atomic mass is 19.3. The Morgan fingerprint density at radius 3 is 2.65 bits per heavy atom. The summed E-state index contributed by atoms with van der Waals surface area (Å²) in [6, 6.07) is 0.866. The molecule has 110 valence electrons. The van der Waals surface area contributed by atoms with Crippen LogP contribution in [-0.4, -0.2) is 43.7 Å². The molecule has 0 spiro atoms. The molecule has 8 heteroatoms. The number of aliphatic hydroxyl groups is 1. The van der Waals surface area contributed by atoms with Gasteiger partial charge in [-0.25, -0.2) is 8.78 Å². The second-order valence-corrected chi connectivity index (χ2v) is 4.95. The number of amides is 1. The van der Waals surface area contributed by atoms with Crippen LogP contribution in [0, 0.1) is 6.92 Å². The number of halogens is 2. The average Bonchev–Trinajstić information content (AvgIpc) is 2.92. The van der Waals surface area contributed by atoms with Crippen molar-refractivity contribution >= 4 is 11.6 Å². The minimum Gasteiger partial charge on any atom is -0.364 e. The first-order chi connectivity index (χ1) is 9.25. The second-order valence-electron chi connectivity index (χ2n) is 4.95. The van der Waals surface area contributed by atoms with Gasteiger partial charge in [0.15, 0.2) is 0 Å². The number of hydrogen-bond acceptors (Lipinski definition) is 4. The van der Waals surface area contributed by atoms with E-state index in [1.807, 2.05) is 0 Å². The standard InChI is InChI=1S/C12H16F2N4O2/c1-7-4-5-17(15-7)9(3)10(19)18-12(20,11(13)14)6-8(2)16-18/h4-5,9,11,20H,6H2,1-3H3/t9-,12-/m1/s1. The lowest BCUT2D eigenvalue weighted by molar-refractivity contribution is -0.194. The number of hydrazone groups is 1. The van der Waals surface area contributed by atoms with Gasteiger partial charge in [-0.05, 0) is 26.8 Å². The first-order valence-corrected chi connectivity index (χ1v) is 6.16. The summed E-state index contributed by atoms with van der Waals surface area (Å²) in [5, 5.41) is 18.3. The van der Waals surface area contributed by atoms with E-state index in [0.717, 1.165) is 0 Å². The van der Waals surface area contributed by atoms with Crippen molar-refractivity contribution in [3.8, 4) is 0 Å². The minimum atomic E-state index is -3.10. The Morgan fingerprint density at radius 1 is 1.50 bits per heavy atom. The zero-order chi connectivity index (χ0) is 15.1. The van der Waals surface area contributed by atoms with Crippen LogP contribution in [0.4, 0.5) is 8.78 Å². The topological polar surface area (TPSA) is 70.7 Å². The highest BCUT2D eigenvalue weighted by Crippen LogP contribution is 2.33. The third-order valence-electron chi connectivity index (χ3n) is 3.21. The maximum Gasteiger partial charge on any atom is 0.287 e. The lowest BCUT2D eigenvalue weighted by Crippen LogP contribution is -2.53. The second kappa shape index (κ2) is 4.93. The molecule has 2 rings (SSSR count). The Hall–Kier alpha value is -1.83. The molecule has 0 saturated carbocycles. The maximum absolute atomic E-state index is 13.0. The third-order valence-corrected chi connectivity index (χ3v) is 3.21. The molecule has 1 N–H and O–H groups in total. The highest BCUT2D eigenvalue weighted by Gasteiger charge is 2.51.